The molecule has 1 atom stereocenters. The van der Waals surface area contributed by atoms with Crippen molar-refractivity contribution in [2.45, 2.75) is 39.7 Å². The van der Waals surface area contributed by atoms with Crippen LogP contribution in [0.4, 0.5) is 0 Å². The largest absolute Gasteiger partial charge is 0.466 e. The molecule has 0 unspecified atom stereocenters. The Morgan fingerprint density at radius 1 is 1.20 bits per heavy atom. The molecule has 158 valence electrons. The van der Waals surface area contributed by atoms with E-state index in [1.165, 1.54) is 10.4 Å². The highest BCUT2D eigenvalue weighted by Gasteiger charge is 2.31. The van der Waals surface area contributed by atoms with Crippen LogP contribution in [0.2, 0.25) is 0 Å². The molecule has 1 saturated heterocycles. The number of carbonyl (C=O) groups excluding carboxylic acids is 2. The molecule has 3 heterocycles. The second-order valence-corrected chi connectivity index (χ2v) is 9.15. The van der Waals surface area contributed by atoms with Crippen molar-refractivity contribution in [3.8, 4) is 0 Å². The monoisotopic (exact) mass is 424 g/mol. The van der Waals surface area contributed by atoms with Crippen LogP contribution in [-0.4, -0.2) is 41.0 Å². The Balaban J connectivity index is 1.58. The molecule has 1 fully saturated rings. The molecular formula is C24H28N2O3S. The third-order valence-corrected chi connectivity index (χ3v) is 6.71. The fourth-order valence-electron chi connectivity index (χ4n) is 4.24. The van der Waals surface area contributed by atoms with Gasteiger partial charge in [-0.25, -0.2) is 0 Å². The number of piperidine rings is 1. The summed E-state index contributed by atoms with van der Waals surface area (Å²) in [7, 11) is 0. The van der Waals surface area contributed by atoms with E-state index < -0.39 is 0 Å². The van der Waals surface area contributed by atoms with E-state index >= 15 is 0 Å². The van der Waals surface area contributed by atoms with E-state index in [0.29, 0.717) is 19.7 Å². The highest BCUT2D eigenvalue weighted by atomic mass is 32.1. The number of fused-ring (bicyclic) bond motifs is 1. The minimum atomic E-state index is -0.223. The average Bonchev–Trinajstić information content (AvgIpc) is 3.28. The van der Waals surface area contributed by atoms with Crippen molar-refractivity contribution in [1.82, 2.24) is 9.47 Å². The maximum Gasteiger partial charge on any atom is 0.310 e. The van der Waals surface area contributed by atoms with Crippen LogP contribution < -0.4 is 0 Å². The van der Waals surface area contributed by atoms with Crippen molar-refractivity contribution in [2.24, 2.45) is 5.92 Å². The molecule has 6 heteroatoms. The predicted molar refractivity (Wildman–Crippen MR) is 120 cm³/mol. The number of aryl methyl sites for hydroxylation is 3. The van der Waals surface area contributed by atoms with Gasteiger partial charge in [0.15, 0.2) is 0 Å². The van der Waals surface area contributed by atoms with Crippen LogP contribution in [-0.2, 0) is 22.5 Å². The minimum absolute atomic E-state index is 0.0121. The molecule has 0 saturated carbocycles. The molecule has 3 aromatic rings. The number of benzene rings is 1. The lowest BCUT2D eigenvalue weighted by Gasteiger charge is -2.31. The zero-order valence-corrected chi connectivity index (χ0v) is 18.4. The Kier molecular flexibility index (Phi) is 6.23. The first kappa shape index (κ1) is 20.7. The second-order valence-electron chi connectivity index (χ2n) is 7.87. The normalized spacial score (nSPS) is 16.7. The number of ether oxygens (including phenoxy) is 1. The Morgan fingerprint density at radius 3 is 2.77 bits per heavy atom. The summed E-state index contributed by atoms with van der Waals surface area (Å²) in [4.78, 5) is 28.7. The van der Waals surface area contributed by atoms with Gasteiger partial charge in [-0.2, -0.15) is 0 Å². The first-order valence-corrected chi connectivity index (χ1v) is 11.5. The van der Waals surface area contributed by atoms with Crippen LogP contribution in [0.15, 0.2) is 42.5 Å². The van der Waals surface area contributed by atoms with Crippen molar-refractivity contribution in [3.05, 3.63) is 58.6 Å². The number of rotatable bonds is 6. The molecule has 2 aromatic heterocycles. The molecule has 0 bridgehead atoms. The number of hydrogen-bond donors (Lipinski definition) is 0. The van der Waals surface area contributed by atoms with Gasteiger partial charge in [0.1, 0.15) is 5.69 Å². The number of amides is 1. The lowest BCUT2D eigenvalue weighted by Crippen LogP contribution is -2.43. The Labute approximate surface area is 181 Å². The number of esters is 1. The summed E-state index contributed by atoms with van der Waals surface area (Å²) in [6, 6.07) is 14.5. The number of nitrogens with zero attached hydrogens (tertiary/aromatic N) is 2. The predicted octanol–water partition coefficient (Wildman–Crippen LogP) is 4.67. The first-order chi connectivity index (χ1) is 14.6. The van der Waals surface area contributed by atoms with Crippen LogP contribution in [0.1, 0.15) is 40.7 Å². The quantitative estimate of drug-likeness (QED) is 0.541. The fraction of sp³-hybridized carbons (Fsp3) is 0.417. The third-order valence-electron chi connectivity index (χ3n) is 5.73. The molecular weight excluding hydrogens is 396 g/mol. The third kappa shape index (κ3) is 4.29. The molecule has 0 spiro atoms. The number of hydrogen-bond acceptors (Lipinski definition) is 4. The summed E-state index contributed by atoms with van der Waals surface area (Å²) in [6.45, 7) is 6.17. The Bertz CT molecular complexity index is 1040. The van der Waals surface area contributed by atoms with E-state index in [9.17, 15) is 9.59 Å². The number of likely N-dealkylation sites (tertiary alicyclic amines) is 1. The molecule has 1 aliphatic rings. The van der Waals surface area contributed by atoms with Crippen LogP contribution in [0, 0.1) is 12.8 Å². The van der Waals surface area contributed by atoms with Gasteiger partial charge in [0.05, 0.1) is 22.7 Å². The van der Waals surface area contributed by atoms with E-state index in [2.05, 4.69) is 29.7 Å². The molecule has 5 nitrogen and oxygen atoms in total. The molecule has 1 aromatic carbocycles. The summed E-state index contributed by atoms with van der Waals surface area (Å²) in [5.41, 5.74) is 3.09. The van der Waals surface area contributed by atoms with Crippen LogP contribution in [0.5, 0.6) is 0 Å². The zero-order chi connectivity index (χ0) is 21.1. The van der Waals surface area contributed by atoms with Gasteiger partial charge in [-0.15, -0.1) is 11.3 Å². The van der Waals surface area contributed by atoms with Gasteiger partial charge in [0.25, 0.3) is 5.91 Å². The summed E-state index contributed by atoms with van der Waals surface area (Å²) in [5.74, 6) is -0.400. The SMILES string of the molecule is CCOC(=O)[C@H]1CCCN(C(=O)c2cc3sc(C)cc3n2CCc2ccccc2)C1. The van der Waals surface area contributed by atoms with Gasteiger partial charge in [-0.3, -0.25) is 9.59 Å². The van der Waals surface area contributed by atoms with E-state index in [1.54, 1.807) is 11.3 Å². The van der Waals surface area contributed by atoms with Crippen LogP contribution >= 0.6 is 11.3 Å². The Morgan fingerprint density at radius 2 is 2.00 bits per heavy atom. The molecule has 30 heavy (non-hydrogen) atoms. The molecule has 0 radical (unpaired) electrons. The number of aromatic nitrogens is 1. The fourth-order valence-corrected chi connectivity index (χ4v) is 5.21. The van der Waals surface area contributed by atoms with Crippen molar-refractivity contribution in [2.75, 3.05) is 19.7 Å². The number of thiophene rings is 1. The van der Waals surface area contributed by atoms with Gasteiger partial charge < -0.3 is 14.2 Å². The van der Waals surface area contributed by atoms with Gasteiger partial charge in [-0.1, -0.05) is 30.3 Å². The lowest BCUT2D eigenvalue weighted by molar-refractivity contribution is -0.149. The topological polar surface area (TPSA) is 51.5 Å². The van der Waals surface area contributed by atoms with Crippen LogP contribution in [0.3, 0.4) is 0 Å². The molecule has 1 amide bonds. The van der Waals surface area contributed by atoms with E-state index in [-0.39, 0.29) is 17.8 Å². The number of carbonyl (C=O) groups is 2. The Hall–Kier alpha value is -2.60. The van der Waals surface area contributed by atoms with Gasteiger partial charge >= 0.3 is 5.97 Å². The minimum Gasteiger partial charge on any atom is -0.466 e. The smallest absolute Gasteiger partial charge is 0.310 e. The van der Waals surface area contributed by atoms with Crippen LogP contribution in [0.25, 0.3) is 10.2 Å². The highest BCUT2D eigenvalue weighted by Crippen LogP contribution is 2.30. The standard InChI is InChI=1S/C24H28N2O3S/c1-3-29-24(28)19-10-7-12-25(16-19)23(27)21-15-22-20(14-17(2)30-22)26(21)13-11-18-8-5-4-6-9-18/h4-6,8-9,14-15,19H,3,7,10-13,16H2,1-2H3/t19-/m0/s1. The highest BCUT2D eigenvalue weighted by molar-refractivity contribution is 7.19. The summed E-state index contributed by atoms with van der Waals surface area (Å²) in [6.07, 6.45) is 2.48. The van der Waals surface area contributed by atoms with Crippen molar-refractivity contribution < 1.29 is 14.3 Å². The van der Waals surface area contributed by atoms with E-state index in [4.69, 9.17) is 4.74 Å². The van der Waals surface area contributed by atoms with Gasteiger partial charge in [-0.05, 0) is 50.8 Å². The first-order valence-electron chi connectivity index (χ1n) is 10.7. The molecule has 0 aliphatic carbocycles. The average molecular weight is 425 g/mol. The van der Waals surface area contributed by atoms with Crippen molar-refractivity contribution in [3.63, 3.8) is 0 Å². The maximum absolute atomic E-state index is 13.5. The molecule has 4 rings (SSSR count). The van der Waals surface area contributed by atoms with Crippen molar-refractivity contribution in [1.29, 1.82) is 0 Å². The van der Waals surface area contributed by atoms with Crippen molar-refractivity contribution >= 4 is 33.4 Å². The summed E-state index contributed by atoms with van der Waals surface area (Å²) in [5, 5.41) is 0. The van der Waals surface area contributed by atoms with Gasteiger partial charge in [0.2, 0.25) is 0 Å². The molecule has 0 N–H and O–H groups in total. The zero-order valence-electron chi connectivity index (χ0n) is 17.6. The van der Waals surface area contributed by atoms with E-state index in [1.807, 2.05) is 36.1 Å². The second kappa shape index (κ2) is 9.04. The summed E-state index contributed by atoms with van der Waals surface area (Å²) < 4.78 is 8.49. The maximum atomic E-state index is 13.5. The lowest BCUT2D eigenvalue weighted by atomic mass is 9.98. The molecule has 1 aliphatic heterocycles. The van der Waals surface area contributed by atoms with E-state index in [0.717, 1.165) is 41.7 Å². The van der Waals surface area contributed by atoms with Gasteiger partial charge in [0, 0.05) is 24.5 Å². The summed E-state index contributed by atoms with van der Waals surface area (Å²) >= 11 is 1.72.